The molecule has 0 aliphatic carbocycles. The third-order valence-corrected chi connectivity index (χ3v) is 4.21. The van der Waals surface area contributed by atoms with Crippen molar-refractivity contribution in [1.29, 1.82) is 0 Å². The van der Waals surface area contributed by atoms with Crippen LogP contribution in [-0.2, 0) is 0 Å². The number of piperazine rings is 1. The van der Waals surface area contributed by atoms with Crippen LogP contribution in [0.4, 0.5) is 5.69 Å². The van der Waals surface area contributed by atoms with E-state index in [0.29, 0.717) is 0 Å². The third-order valence-electron chi connectivity index (χ3n) is 4.21. The summed E-state index contributed by atoms with van der Waals surface area (Å²) in [6, 6.07) is 8.34. The molecular formula is C17H30IN5O. The van der Waals surface area contributed by atoms with Crippen molar-refractivity contribution in [3.05, 3.63) is 24.3 Å². The fraction of sp³-hybridized carbons (Fsp3) is 0.588. The van der Waals surface area contributed by atoms with Crippen LogP contribution in [0.25, 0.3) is 0 Å². The molecular weight excluding hydrogens is 417 g/mol. The Morgan fingerprint density at radius 2 is 1.83 bits per heavy atom. The predicted octanol–water partition coefficient (Wildman–Crippen LogP) is 1.62. The van der Waals surface area contributed by atoms with Gasteiger partial charge >= 0.3 is 0 Å². The summed E-state index contributed by atoms with van der Waals surface area (Å²) < 4.78 is 5.22. The second-order valence-corrected chi connectivity index (χ2v) is 5.63. The number of rotatable bonds is 6. The summed E-state index contributed by atoms with van der Waals surface area (Å²) >= 11 is 0. The molecule has 0 aromatic heterocycles. The minimum atomic E-state index is 0. The largest absolute Gasteiger partial charge is 0.497 e. The van der Waals surface area contributed by atoms with Gasteiger partial charge in [0.15, 0.2) is 5.96 Å². The maximum atomic E-state index is 5.22. The highest BCUT2D eigenvalue weighted by Crippen LogP contribution is 2.20. The van der Waals surface area contributed by atoms with E-state index < -0.39 is 0 Å². The van der Waals surface area contributed by atoms with Crippen molar-refractivity contribution in [2.75, 3.05) is 65.4 Å². The minimum Gasteiger partial charge on any atom is -0.497 e. The monoisotopic (exact) mass is 447 g/mol. The lowest BCUT2D eigenvalue weighted by Gasteiger charge is -2.36. The molecule has 0 bridgehead atoms. The van der Waals surface area contributed by atoms with E-state index in [4.69, 9.17) is 4.74 Å². The number of benzene rings is 1. The molecule has 1 aliphatic rings. The number of halogens is 1. The minimum absolute atomic E-state index is 0. The van der Waals surface area contributed by atoms with Gasteiger partial charge in [0, 0.05) is 52.5 Å². The Morgan fingerprint density at radius 1 is 1.17 bits per heavy atom. The van der Waals surface area contributed by atoms with E-state index >= 15 is 0 Å². The number of hydrogen-bond donors (Lipinski definition) is 2. The second kappa shape index (κ2) is 11.4. The number of hydrogen-bond acceptors (Lipinski definition) is 4. The second-order valence-electron chi connectivity index (χ2n) is 5.63. The molecule has 0 unspecified atom stereocenters. The molecule has 1 fully saturated rings. The van der Waals surface area contributed by atoms with Crippen molar-refractivity contribution in [2.24, 2.45) is 4.99 Å². The number of aliphatic imine (C=N–C) groups is 1. The van der Waals surface area contributed by atoms with Crippen molar-refractivity contribution in [3.63, 3.8) is 0 Å². The van der Waals surface area contributed by atoms with Crippen molar-refractivity contribution in [2.45, 2.75) is 6.42 Å². The van der Waals surface area contributed by atoms with E-state index in [9.17, 15) is 0 Å². The number of ether oxygens (including phenoxy) is 1. The maximum absolute atomic E-state index is 5.22. The van der Waals surface area contributed by atoms with Crippen LogP contribution < -0.4 is 20.3 Å². The van der Waals surface area contributed by atoms with Crippen LogP contribution in [0.5, 0.6) is 5.75 Å². The van der Waals surface area contributed by atoms with Gasteiger partial charge in [-0.3, -0.25) is 9.89 Å². The van der Waals surface area contributed by atoms with Crippen LogP contribution in [0.1, 0.15) is 6.42 Å². The third kappa shape index (κ3) is 6.35. The van der Waals surface area contributed by atoms with Gasteiger partial charge in [-0.05, 0) is 37.2 Å². The molecule has 7 heteroatoms. The molecule has 2 rings (SSSR count). The molecule has 2 N–H and O–H groups in total. The molecule has 0 spiro atoms. The van der Waals surface area contributed by atoms with Gasteiger partial charge in [0.25, 0.3) is 0 Å². The first-order chi connectivity index (χ1) is 11.3. The van der Waals surface area contributed by atoms with Crippen molar-refractivity contribution < 1.29 is 4.74 Å². The van der Waals surface area contributed by atoms with Crippen LogP contribution in [0.2, 0.25) is 0 Å². The molecule has 24 heavy (non-hydrogen) atoms. The molecule has 1 aromatic rings. The zero-order chi connectivity index (χ0) is 16.5. The van der Waals surface area contributed by atoms with Crippen LogP contribution in [0.3, 0.4) is 0 Å². The Balaban J connectivity index is 0.00000288. The van der Waals surface area contributed by atoms with E-state index in [0.717, 1.165) is 57.4 Å². The highest BCUT2D eigenvalue weighted by Gasteiger charge is 2.16. The van der Waals surface area contributed by atoms with Gasteiger partial charge in [-0.2, -0.15) is 0 Å². The normalized spacial score (nSPS) is 15.6. The fourth-order valence-electron chi connectivity index (χ4n) is 2.81. The smallest absolute Gasteiger partial charge is 0.190 e. The molecule has 0 saturated carbocycles. The van der Waals surface area contributed by atoms with Gasteiger partial charge in [0.05, 0.1) is 7.11 Å². The van der Waals surface area contributed by atoms with Gasteiger partial charge in [-0.15, -0.1) is 24.0 Å². The molecule has 1 aliphatic heterocycles. The maximum Gasteiger partial charge on any atom is 0.190 e. The predicted molar refractivity (Wildman–Crippen MR) is 112 cm³/mol. The van der Waals surface area contributed by atoms with Crippen LogP contribution in [-0.4, -0.2) is 71.3 Å². The lowest BCUT2D eigenvalue weighted by molar-refractivity contribution is 0.255. The molecule has 1 saturated heterocycles. The van der Waals surface area contributed by atoms with Gasteiger partial charge in [-0.25, -0.2) is 0 Å². The Bertz CT molecular complexity index is 486. The van der Waals surface area contributed by atoms with E-state index in [1.807, 2.05) is 19.2 Å². The summed E-state index contributed by atoms with van der Waals surface area (Å²) in [7, 11) is 5.37. The quantitative estimate of drug-likeness (QED) is 0.301. The summed E-state index contributed by atoms with van der Waals surface area (Å²) in [5.74, 6) is 1.77. The molecule has 0 amide bonds. The SMILES string of the molecule is CN=C(NC)NCCCN1CCN(c2ccc(OC)cc2)CC1.I. The topological polar surface area (TPSA) is 52.1 Å². The van der Waals surface area contributed by atoms with E-state index in [1.54, 1.807) is 14.2 Å². The zero-order valence-corrected chi connectivity index (χ0v) is 17.2. The van der Waals surface area contributed by atoms with E-state index in [1.165, 1.54) is 5.69 Å². The van der Waals surface area contributed by atoms with Crippen molar-refractivity contribution in [3.8, 4) is 5.75 Å². The molecule has 136 valence electrons. The summed E-state index contributed by atoms with van der Waals surface area (Å²) in [4.78, 5) is 9.09. The summed E-state index contributed by atoms with van der Waals surface area (Å²) in [6.07, 6.45) is 1.13. The Morgan fingerprint density at radius 3 is 2.38 bits per heavy atom. The van der Waals surface area contributed by atoms with Gasteiger partial charge in [-0.1, -0.05) is 0 Å². The first-order valence-corrected chi connectivity index (χ1v) is 8.26. The number of nitrogens with zero attached hydrogens (tertiary/aromatic N) is 3. The van der Waals surface area contributed by atoms with Gasteiger partial charge in [0.1, 0.15) is 5.75 Å². The molecule has 0 atom stereocenters. The summed E-state index contributed by atoms with van der Waals surface area (Å²) in [6.45, 7) is 6.48. The van der Waals surface area contributed by atoms with Crippen molar-refractivity contribution >= 4 is 35.6 Å². The van der Waals surface area contributed by atoms with Crippen molar-refractivity contribution in [1.82, 2.24) is 15.5 Å². The Labute approximate surface area is 162 Å². The Kier molecular flexibility index (Phi) is 9.85. The van der Waals surface area contributed by atoms with Crippen LogP contribution in [0, 0.1) is 0 Å². The summed E-state index contributed by atoms with van der Waals surface area (Å²) in [5.41, 5.74) is 1.28. The van der Waals surface area contributed by atoms with E-state index in [-0.39, 0.29) is 24.0 Å². The van der Waals surface area contributed by atoms with Gasteiger partial charge in [0.2, 0.25) is 0 Å². The lowest BCUT2D eigenvalue weighted by Crippen LogP contribution is -2.47. The highest BCUT2D eigenvalue weighted by atomic mass is 127. The van der Waals surface area contributed by atoms with Crippen LogP contribution >= 0.6 is 24.0 Å². The first-order valence-electron chi connectivity index (χ1n) is 8.26. The molecule has 1 aromatic carbocycles. The lowest BCUT2D eigenvalue weighted by atomic mass is 10.2. The van der Waals surface area contributed by atoms with Crippen LogP contribution in [0.15, 0.2) is 29.3 Å². The molecule has 1 heterocycles. The average Bonchev–Trinajstić information content (AvgIpc) is 2.62. The number of nitrogens with one attached hydrogen (secondary N) is 2. The standard InChI is InChI=1S/C17H29N5O.HI/c1-18-17(19-2)20-9-4-10-21-11-13-22(14-12-21)15-5-7-16(23-3)8-6-15;/h5-8H,4,9-14H2,1-3H3,(H2,18,19,20);1H. The molecule has 6 nitrogen and oxygen atoms in total. The average molecular weight is 447 g/mol. The number of methoxy groups -OCH3 is 1. The summed E-state index contributed by atoms with van der Waals surface area (Å²) in [5, 5.41) is 6.33. The zero-order valence-electron chi connectivity index (χ0n) is 14.9. The fourth-order valence-corrected chi connectivity index (χ4v) is 2.81. The molecule has 0 radical (unpaired) electrons. The van der Waals surface area contributed by atoms with E-state index in [2.05, 4.69) is 37.6 Å². The highest BCUT2D eigenvalue weighted by molar-refractivity contribution is 14.0. The Hall–Kier alpha value is -1.22. The number of anilines is 1. The van der Waals surface area contributed by atoms with Gasteiger partial charge < -0.3 is 20.3 Å². The first kappa shape index (κ1) is 20.8. The number of guanidine groups is 1.